The maximum atomic E-state index is 13.7. The van der Waals surface area contributed by atoms with E-state index in [1.165, 1.54) is 35.9 Å². The first-order chi connectivity index (χ1) is 17.3. The van der Waals surface area contributed by atoms with Gasteiger partial charge in [0.1, 0.15) is 11.6 Å². The molecule has 0 radical (unpaired) electrons. The van der Waals surface area contributed by atoms with E-state index in [0.29, 0.717) is 37.5 Å². The highest BCUT2D eigenvalue weighted by molar-refractivity contribution is 7.10. The largest absolute Gasteiger partial charge is 0.336 e. The summed E-state index contributed by atoms with van der Waals surface area (Å²) in [6.45, 7) is 8.22. The molecule has 0 saturated carbocycles. The third-order valence-electron chi connectivity index (χ3n) is 8.54. The lowest BCUT2D eigenvalue weighted by Crippen LogP contribution is -2.44. The second kappa shape index (κ2) is 10.7. The Hall–Kier alpha value is -2.06. The van der Waals surface area contributed by atoms with Crippen LogP contribution in [0.25, 0.3) is 0 Å². The number of hydrogen-bond acceptors (Lipinski definition) is 5. The Morgan fingerprint density at radius 2 is 1.94 bits per heavy atom. The van der Waals surface area contributed by atoms with Crippen molar-refractivity contribution >= 4 is 23.0 Å². The van der Waals surface area contributed by atoms with Crippen LogP contribution in [0.2, 0.25) is 0 Å². The fourth-order valence-corrected chi connectivity index (χ4v) is 7.84. The number of aryl methyl sites for hydroxylation is 1. The molecular weight excluding hydrogens is 475 g/mol. The van der Waals surface area contributed by atoms with Gasteiger partial charge in [-0.15, -0.1) is 11.3 Å². The number of amides is 1. The average molecular weight is 515 g/mol. The summed E-state index contributed by atoms with van der Waals surface area (Å²) >= 11 is 1.19. The van der Waals surface area contributed by atoms with E-state index in [1.807, 2.05) is 11.0 Å². The predicted octanol–water partition coefficient (Wildman–Crippen LogP) is 5.40. The number of carbonyl (C=O) groups excluding carboxylic acids is 2. The molecule has 2 aromatic rings. The Morgan fingerprint density at radius 1 is 1.19 bits per heavy atom. The van der Waals surface area contributed by atoms with Crippen molar-refractivity contribution in [1.29, 1.82) is 0 Å². The van der Waals surface area contributed by atoms with Gasteiger partial charge in [0.05, 0.1) is 12.2 Å². The second-order valence-corrected chi connectivity index (χ2v) is 12.1. The van der Waals surface area contributed by atoms with Crippen molar-refractivity contribution in [2.24, 2.45) is 0 Å². The number of fused-ring (bicyclic) bond motifs is 3. The molecule has 36 heavy (non-hydrogen) atoms. The van der Waals surface area contributed by atoms with Crippen LogP contribution in [-0.4, -0.2) is 56.2 Å². The number of hydrogen-bond donors (Lipinski definition) is 0. The molecule has 5 rings (SSSR count). The molecule has 0 aromatic carbocycles. The van der Waals surface area contributed by atoms with E-state index in [9.17, 15) is 14.0 Å². The quantitative estimate of drug-likeness (QED) is 0.450. The summed E-state index contributed by atoms with van der Waals surface area (Å²) in [5.41, 5.74) is 2.43. The summed E-state index contributed by atoms with van der Waals surface area (Å²) < 4.78 is 16.2. The van der Waals surface area contributed by atoms with Crippen molar-refractivity contribution in [3.8, 4) is 0 Å². The highest BCUT2D eigenvalue weighted by atomic mass is 32.1. The zero-order chi connectivity index (χ0) is 25.4. The summed E-state index contributed by atoms with van der Waals surface area (Å²) in [7, 11) is 0. The van der Waals surface area contributed by atoms with E-state index in [1.54, 1.807) is 6.92 Å². The van der Waals surface area contributed by atoms with E-state index in [-0.39, 0.29) is 22.7 Å². The van der Waals surface area contributed by atoms with Crippen LogP contribution in [0.3, 0.4) is 0 Å². The summed E-state index contributed by atoms with van der Waals surface area (Å²) in [5.74, 6) is 1.61. The number of imidazole rings is 1. The van der Waals surface area contributed by atoms with Gasteiger partial charge in [-0.05, 0) is 71.0 Å². The Balaban J connectivity index is 1.25. The zero-order valence-electron chi connectivity index (χ0n) is 21.8. The lowest BCUT2D eigenvalue weighted by molar-refractivity contribution is -0.132. The van der Waals surface area contributed by atoms with Crippen LogP contribution >= 0.6 is 11.3 Å². The fraction of sp³-hybridized carbons (Fsp3) is 0.679. The van der Waals surface area contributed by atoms with E-state index in [4.69, 9.17) is 4.98 Å². The molecule has 2 saturated heterocycles. The van der Waals surface area contributed by atoms with Crippen molar-refractivity contribution in [2.45, 2.75) is 109 Å². The lowest BCUT2D eigenvalue weighted by atomic mass is 9.93. The number of carbonyl (C=O) groups is 2. The van der Waals surface area contributed by atoms with Gasteiger partial charge >= 0.3 is 0 Å². The molecule has 3 aliphatic rings. The van der Waals surface area contributed by atoms with Crippen molar-refractivity contribution in [3.63, 3.8) is 0 Å². The van der Waals surface area contributed by atoms with Crippen molar-refractivity contribution in [1.82, 2.24) is 19.4 Å². The average Bonchev–Trinajstić information content (AvgIpc) is 3.48. The van der Waals surface area contributed by atoms with Crippen LogP contribution in [0.4, 0.5) is 4.39 Å². The second-order valence-electron chi connectivity index (χ2n) is 11.0. The first-order valence-electron chi connectivity index (χ1n) is 13.7. The molecular formula is C28H39FN4O2S. The Kier molecular flexibility index (Phi) is 7.63. The summed E-state index contributed by atoms with van der Waals surface area (Å²) in [6.07, 6.45) is 8.49. The number of aromatic nitrogens is 2. The van der Waals surface area contributed by atoms with Crippen LogP contribution in [-0.2, 0) is 22.6 Å². The van der Waals surface area contributed by atoms with Gasteiger partial charge in [-0.25, -0.2) is 4.98 Å². The third-order valence-corrected chi connectivity index (χ3v) is 9.57. The zero-order valence-corrected chi connectivity index (χ0v) is 22.7. The molecule has 1 amide bonds. The first-order valence-corrected chi connectivity index (χ1v) is 14.5. The SMILES string of the molecule is CCCC(=O)N1CCc2c(nc(C)n2C2CC3CCC(C2)N3CC[C@H](CC(C)=O)c2ccc(F)s2)C1. The van der Waals surface area contributed by atoms with E-state index in [0.717, 1.165) is 61.6 Å². The van der Waals surface area contributed by atoms with E-state index >= 15 is 0 Å². The molecule has 0 spiro atoms. The van der Waals surface area contributed by atoms with Gasteiger partial charge in [-0.2, -0.15) is 4.39 Å². The first kappa shape index (κ1) is 25.6. The maximum Gasteiger partial charge on any atom is 0.222 e. The molecule has 5 heterocycles. The molecule has 196 valence electrons. The Labute approximate surface area is 217 Å². The monoisotopic (exact) mass is 514 g/mol. The highest BCUT2D eigenvalue weighted by Gasteiger charge is 2.42. The summed E-state index contributed by atoms with van der Waals surface area (Å²) in [6, 6.07) is 4.95. The molecule has 0 aliphatic carbocycles. The van der Waals surface area contributed by atoms with Crippen LogP contribution in [0.15, 0.2) is 12.1 Å². The van der Waals surface area contributed by atoms with E-state index in [2.05, 4.69) is 23.3 Å². The molecule has 2 unspecified atom stereocenters. The molecule has 6 nitrogen and oxygen atoms in total. The van der Waals surface area contributed by atoms with Gasteiger partial charge in [-0.3, -0.25) is 9.69 Å². The number of thiophene rings is 1. The van der Waals surface area contributed by atoms with Crippen molar-refractivity contribution in [2.75, 3.05) is 13.1 Å². The molecule has 8 heteroatoms. The highest BCUT2D eigenvalue weighted by Crippen LogP contribution is 2.43. The van der Waals surface area contributed by atoms with Gasteiger partial charge in [0.25, 0.3) is 0 Å². The number of nitrogens with zero attached hydrogens (tertiary/aromatic N) is 4. The number of Topliss-reactive ketones (excluding diaryl/α,β-unsaturated/α-hetero) is 1. The summed E-state index contributed by atoms with van der Waals surface area (Å²) in [5, 5.41) is -0.170. The number of rotatable bonds is 9. The molecule has 0 N–H and O–H groups in total. The molecule has 2 aromatic heterocycles. The van der Waals surface area contributed by atoms with Gasteiger partial charge < -0.3 is 14.3 Å². The standard InChI is InChI=1S/C28H39FN4O2S/c1-4-5-28(35)31-12-11-25-24(17-31)30-19(3)33(25)23-15-21-6-7-22(16-23)32(21)13-10-20(14-18(2)34)26-8-9-27(29)36-26/h8-9,20-23H,4-7,10-17H2,1-3H3/t20-,21?,22?,23?/m1/s1. The number of piperidine rings is 1. The minimum absolute atomic E-state index is 0.107. The summed E-state index contributed by atoms with van der Waals surface area (Å²) in [4.78, 5) is 34.9. The topological polar surface area (TPSA) is 58.4 Å². The van der Waals surface area contributed by atoms with E-state index < -0.39 is 0 Å². The van der Waals surface area contributed by atoms with Crippen molar-refractivity contribution in [3.05, 3.63) is 39.4 Å². The van der Waals surface area contributed by atoms with Crippen LogP contribution < -0.4 is 0 Å². The molecule has 3 atom stereocenters. The smallest absolute Gasteiger partial charge is 0.222 e. The Bertz CT molecular complexity index is 1100. The fourth-order valence-electron chi connectivity index (χ4n) is 6.98. The minimum atomic E-state index is -0.170. The number of halogens is 1. The van der Waals surface area contributed by atoms with Crippen LogP contribution in [0.5, 0.6) is 0 Å². The third kappa shape index (κ3) is 5.17. The maximum absolute atomic E-state index is 13.7. The molecule has 2 bridgehead atoms. The predicted molar refractivity (Wildman–Crippen MR) is 140 cm³/mol. The van der Waals surface area contributed by atoms with Crippen molar-refractivity contribution < 1.29 is 14.0 Å². The van der Waals surface area contributed by atoms with Crippen LogP contribution in [0, 0.1) is 12.1 Å². The minimum Gasteiger partial charge on any atom is -0.336 e. The lowest BCUT2D eigenvalue weighted by Gasteiger charge is -2.41. The van der Waals surface area contributed by atoms with Gasteiger partial charge in [-0.1, -0.05) is 6.92 Å². The normalized spacial score (nSPS) is 24.7. The molecule has 2 fully saturated rings. The Morgan fingerprint density at radius 3 is 2.58 bits per heavy atom. The number of ketones is 1. The molecule has 3 aliphatic heterocycles. The van der Waals surface area contributed by atoms with Gasteiger partial charge in [0.2, 0.25) is 5.91 Å². The van der Waals surface area contributed by atoms with Crippen LogP contribution in [0.1, 0.15) is 99.3 Å². The van der Waals surface area contributed by atoms with Gasteiger partial charge in [0, 0.05) is 60.4 Å². The van der Waals surface area contributed by atoms with Gasteiger partial charge in [0.15, 0.2) is 5.13 Å².